The summed E-state index contributed by atoms with van der Waals surface area (Å²) >= 11 is 0. The van der Waals surface area contributed by atoms with Gasteiger partial charge in [-0.25, -0.2) is 4.79 Å². The number of carboxylic acid groups (broad SMARTS) is 1. The summed E-state index contributed by atoms with van der Waals surface area (Å²) in [5.74, 6) is -1.35. The highest BCUT2D eigenvalue weighted by molar-refractivity contribution is 5.79. The van der Waals surface area contributed by atoms with Crippen LogP contribution in [0, 0.1) is 5.92 Å². The first-order valence-electron chi connectivity index (χ1n) is 7.29. The number of carbonyl (C=O) groups excluding carboxylic acids is 2. The molecule has 1 saturated heterocycles. The Labute approximate surface area is 123 Å². The summed E-state index contributed by atoms with van der Waals surface area (Å²) in [4.78, 5) is 36.0. The number of urea groups is 1. The van der Waals surface area contributed by atoms with Crippen molar-refractivity contribution in [2.75, 3.05) is 19.6 Å². The second-order valence-electron chi connectivity index (χ2n) is 5.41. The van der Waals surface area contributed by atoms with Crippen molar-refractivity contribution in [1.82, 2.24) is 15.5 Å². The van der Waals surface area contributed by atoms with Gasteiger partial charge in [0.15, 0.2) is 0 Å². The summed E-state index contributed by atoms with van der Waals surface area (Å²) in [6.07, 6.45) is 6.05. The summed E-state index contributed by atoms with van der Waals surface area (Å²) in [6, 6.07) is -0.634. The van der Waals surface area contributed by atoms with Gasteiger partial charge in [-0.2, -0.15) is 0 Å². The molecule has 0 radical (unpaired) electrons. The topological polar surface area (TPSA) is 98.7 Å². The van der Waals surface area contributed by atoms with E-state index in [2.05, 4.69) is 10.6 Å². The number of hydrogen-bond acceptors (Lipinski definition) is 3. The highest BCUT2D eigenvalue weighted by Crippen LogP contribution is 2.17. The minimum atomic E-state index is -0.882. The Morgan fingerprint density at radius 1 is 1.19 bits per heavy atom. The summed E-state index contributed by atoms with van der Waals surface area (Å²) in [5, 5.41) is 14.2. The Kier molecular flexibility index (Phi) is 5.19. The molecule has 0 spiro atoms. The summed E-state index contributed by atoms with van der Waals surface area (Å²) in [7, 11) is 0. The molecule has 0 aromatic carbocycles. The molecule has 3 N–H and O–H groups in total. The second-order valence-corrected chi connectivity index (χ2v) is 5.41. The molecule has 7 heteroatoms. The number of amides is 3. The van der Waals surface area contributed by atoms with Crippen LogP contribution in [0.2, 0.25) is 0 Å². The van der Waals surface area contributed by atoms with Gasteiger partial charge in [-0.05, 0) is 19.3 Å². The molecule has 2 rings (SSSR count). The highest BCUT2D eigenvalue weighted by atomic mass is 16.4. The molecular formula is C14H21N3O4. The zero-order valence-corrected chi connectivity index (χ0v) is 11.9. The molecule has 3 amide bonds. The highest BCUT2D eigenvalue weighted by Gasteiger charge is 2.25. The Morgan fingerprint density at radius 2 is 1.90 bits per heavy atom. The monoisotopic (exact) mass is 295 g/mol. The number of hydrogen-bond donors (Lipinski definition) is 3. The van der Waals surface area contributed by atoms with E-state index in [4.69, 9.17) is 5.11 Å². The lowest BCUT2D eigenvalue weighted by molar-refractivity contribution is -0.140. The number of rotatable bonds is 5. The molecule has 2 unspecified atom stereocenters. The number of carbonyl (C=O) groups is 3. The number of nitrogens with one attached hydrogen (secondary N) is 2. The first-order chi connectivity index (χ1) is 10.1. The fourth-order valence-electron chi connectivity index (χ4n) is 2.62. The number of nitrogens with zero attached hydrogens (tertiary/aromatic N) is 1. The fourth-order valence-corrected chi connectivity index (χ4v) is 2.62. The van der Waals surface area contributed by atoms with Crippen LogP contribution in [-0.2, 0) is 9.59 Å². The predicted molar refractivity (Wildman–Crippen MR) is 75.6 cm³/mol. The van der Waals surface area contributed by atoms with Gasteiger partial charge in [-0.1, -0.05) is 12.2 Å². The van der Waals surface area contributed by atoms with E-state index in [1.165, 1.54) is 0 Å². The lowest BCUT2D eigenvalue weighted by Crippen LogP contribution is -2.42. The van der Waals surface area contributed by atoms with Gasteiger partial charge in [0, 0.05) is 26.1 Å². The molecule has 0 aromatic heterocycles. The summed E-state index contributed by atoms with van der Waals surface area (Å²) in [5.41, 5.74) is 0. The van der Waals surface area contributed by atoms with Crippen molar-refractivity contribution in [3.8, 4) is 0 Å². The molecule has 1 aliphatic heterocycles. The maximum Gasteiger partial charge on any atom is 0.315 e. The minimum absolute atomic E-state index is 0.0690. The SMILES string of the molecule is O=C(NCCC(=O)N1CCCC1)NC1C=CC(C(=O)O)C1. The maximum atomic E-state index is 11.8. The minimum Gasteiger partial charge on any atom is -0.481 e. The van der Waals surface area contributed by atoms with Crippen molar-refractivity contribution in [3.63, 3.8) is 0 Å². The lowest BCUT2D eigenvalue weighted by Gasteiger charge is -2.16. The van der Waals surface area contributed by atoms with Crippen LogP contribution in [0.25, 0.3) is 0 Å². The largest absolute Gasteiger partial charge is 0.481 e. The second kappa shape index (κ2) is 7.10. The predicted octanol–water partition coefficient (Wildman–Crippen LogP) is 0.327. The van der Waals surface area contributed by atoms with Crippen LogP contribution in [0.4, 0.5) is 4.79 Å². The van der Waals surface area contributed by atoms with E-state index >= 15 is 0 Å². The van der Waals surface area contributed by atoms with Crippen molar-refractivity contribution in [2.45, 2.75) is 31.7 Å². The molecule has 0 saturated carbocycles. The Balaban J connectivity index is 1.61. The molecule has 2 aliphatic rings. The van der Waals surface area contributed by atoms with Gasteiger partial charge >= 0.3 is 12.0 Å². The van der Waals surface area contributed by atoms with Crippen LogP contribution in [-0.4, -0.2) is 53.6 Å². The van der Waals surface area contributed by atoms with E-state index in [-0.39, 0.29) is 18.0 Å². The number of likely N-dealkylation sites (tertiary alicyclic amines) is 1. The van der Waals surface area contributed by atoms with Crippen LogP contribution < -0.4 is 10.6 Å². The van der Waals surface area contributed by atoms with E-state index in [0.29, 0.717) is 19.4 Å². The van der Waals surface area contributed by atoms with Crippen molar-refractivity contribution in [1.29, 1.82) is 0 Å². The smallest absolute Gasteiger partial charge is 0.315 e. The quantitative estimate of drug-likeness (QED) is 0.636. The van der Waals surface area contributed by atoms with Gasteiger partial charge in [0.2, 0.25) is 5.91 Å². The number of aliphatic carboxylic acids is 1. The number of carboxylic acids is 1. The van der Waals surface area contributed by atoms with E-state index in [1.54, 1.807) is 12.2 Å². The van der Waals surface area contributed by atoms with Crippen LogP contribution in [0.3, 0.4) is 0 Å². The standard InChI is InChI=1S/C14H21N3O4/c18-12(17-7-1-2-8-17)5-6-15-14(21)16-11-4-3-10(9-11)13(19)20/h3-4,10-11H,1-2,5-9H2,(H,19,20)(H2,15,16,21). The molecule has 7 nitrogen and oxygen atoms in total. The first kappa shape index (κ1) is 15.3. The Morgan fingerprint density at radius 3 is 2.52 bits per heavy atom. The molecule has 0 aromatic rings. The first-order valence-corrected chi connectivity index (χ1v) is 7.29. The van der Waals surface area contributed by atoms with Crippen molar-refractivity contribution in [3.05, 3.63) is 12.2 Å². The third-order valence-corrected chi connectivity index (χ3v) is 3.80. The van der Waals surface area contributed by atoms with E-state index in [9.17, 15) is 14.4 Å². The molecular weight excluding hydrogens is 274 g/mol. The summed E-state index contributed by atoms with van der Waals surface area (Å²) < 4.78 is 0. The van der Waals surface area contributed by atoms with Crippen LogP contribution >= 0.6 is 0 Å². The van der Waals surface area contributed by atoms with Gasteiger partial charge in [0.25, 0.3) is 0 Å². The maximum absolute atomic E-state index is 11.8. The molecule has 0 bridgehead atoms. The van der Waals surface area contributed by atoms with E-state index < -0.39 is 11.9 Å². The van der Waals surface area contributed by atoms with Gasteiger partial charge in [0.05, 0.1) is 12.0 Å². The molecule has 1 heterocycles. The van der Waals surface area contributed by atoms with Crippen LogP contribution in [0.15, 0.2) is 12.2 Å². The lowest BCUT2D eigenvalue weighted by atomic mass is 10.1. The van der Waals surface area contributed by atoms with Gasteiger partial charge in [0.1, 0.15) is 0 Å². The van der Waals surface area contributed by atoms with Gasteiger partial charge in [-0.3, -0.25) is 9.59 Å². The zero-order chi connectivity index (χ0) is 15.2. The molecule has 21 heavy (non-hydrogen) atoms. The van der Waals surface area contributed by atoms with E-state index in [1.807, 2.05) is 4.90 Å². The third-order valence-electron chi connectivity index (χ3n) is 3.80. The van der Waals surface area contributed by atoms with Crippen molar-refractivity contribution in [2.24, 2.45) is 5.92 Å². The van der Waals surface area contributed by atoms with Crippen molar-refractivity contribution >= 4 is 17.9 Å². The van der Waals surface area contributed by atoms with Gasteiger partial charge < -0.3 is 20.6 Å². The molecule has 2 atom stereocenters. The summed E-state index contributed by atoms with van der Waals surface area (Å²) in [6.45, 7) is 1.92. The van der Waals surface area contributed by atoms with Gasteiger partial charge in [-0.15, -0.1) is 0 Å². The zero-order valence-electron chi connectivity index (χ0n) is 11.9. The average Bonchev–Trinajstić information content (AvgIpc) is 3.09. The Hall–Kier alpha value is -2.05. The Bertz CT molecular complexity index is 444. The van der Waals surface area contributed by atoms with Crippen LogP contribution in [0.1, 0.15) is 25.7 Å². The van der Waals surface area contributed by atoms with E-state index in [0.717, 1.165) is 25.9 Å². The van der Waals surface area contributed by atoms with Crippen LogP contribution in [0.5, 0.6) is 0 Å². The molecule has 1 aliphatic carbocycles. The third kappa shape index (κ3) is 4.47. The fraction of sp³-hybridized carbons (Fsp3) is 0.643. The van der Waals surface area contributed by atoms with Crippen molar-refractivity contribution < 1.29 is 19.5 Å². The molecule has 1 fully saturated rings. The normalized spacial score (nSPS) is 24.1. The average molecular weight is 295 g/mol. The molecule has 116 valence electrons.